The maximum atomic E-state index is 14.1. The maximum absolute atomic E-state index is 14.1. The van der Waals surface area contributed by atoms with Crippen LogP contribution in [0, 0.1) is 5.82 Å². The van der Waals surface area contributed by atoms with Gasteiger partial charge in [-0.3, -0.25) is 4.79 Å². The van der Waals surface area contributed by atoms with Gasteiger partial charge in [0.2, 0.25) is 5.60 Å². The minimum absolute atomic E-state index is 0.0336. The number of hydrogen-bond acceptors (Lipinski definition) is 5. The molecule has 170 valence electrons. The van der Waals surface area contributed by atoms with E-state index in [2.05, 4.69) is 15.0 Å². The lowest BCUT2D eigenvalue weighted by molar-refractivity contribution is -0.270. The summed E-state index contributed by atoms with van der Waals surface area (Å²) in [5, 5.41) is 10.8. The van der Waals surface area contributed by atoms with E-state index in [-0.39, 0.29) is 17.0 Å². The number of nitrogens with one attached hydrogen (secondary N) is 1. The van der Waals surface area contributed by atoms with Crippen molar-refractivity contribution < 1.29 is 27.5 Å². The van der Waals surface area contributed by atoms with Crippen molar-refractivity contribution in [3.8, 4) is 11.3 Å². The predicted molar refractivity (Wildman–Crippen MR) is 109 cm³/mol. The number of carbonyl (C=O) groups excluding carboxylic acids is 1. The molecule has 0 aliphatic carbocycles. The van der Waals surface area contributed by atoms with Gasteiger partial charge >= 0.3 is 6.18 Å². The number of pyridine rings is 1. The summed E-state index contributed by atoms with van der Waals surface area (Å²) in [6.07, 6.45) is -4.28. The number of halogens is 4. The number of hydrogen-bond donors (Lipinski definition) is 3. The van der Waals surface area contributed by atoms with E-state index in [0.717, 1.165) is 18.2 Å². The molecule has 10 heteroatoms. The second-order valence-corrected chi connectivity index (χ2v) is 8.10. The highest BCUT2D eigenvalue weighted by Crippen LogP contribution is 2.43. The number of H-pyrrole nitrogens is 1. The molecule has 0 aliphatic rings. The first-order valence-electron chi connectivity index (χ1n) is 9.70. The minimum Gasteiger partial charge on any atom is -0.375 e. The lowest BCUT2D eigenvalue weighted by Crippen LogP contribution is -2.44. The molecule has 4 N–H and O–H groups in total. The van der Waals surface area contributed by atoms with E-state index in [4.69, 9.17) is 5.73 Å². The fourth-order valence-corrected chi connectivity index (χ4v) is 3.14. The molecule has 0 spiro atoms. The molecule has 6 nitrogen and oxygen atoms in total. The number of alkyl halides is 3. The highest BCUT2D eigenvalue weighted by atomic mass is 19.4. The van der Waals surface area contributed by atoms with Crippen molar-refractivity contribution in [2.24, 2.45) is 5.73 Å². The molecule has 3 rings (SSSR count). The van der Waals surface area contributed by atoms with Gasteiger partial charge in [-0.25, -0.2) is 14.4 Å². The van der Waals surface area contributed by atoms with Crippen LogP contribution in [0.5, 0.6) is 0 Å². The molecule has 0 bridgehead atoms. The number of ketones is 1. The first kappa shape index (κ1) is 23.6. The lowest BCUT2D eigenvalue weighted by Gasteiger charge is -2.31. The Morgan fingerprint density at radius 3 is 2.34 bits per heavy atom. The zero-order valence-corrected chi connectivity index (χ0v) is 17.4. The monoisotopic (exact) mass is 450 g/mol. The number of nitrogens with zero attached hydrogens (tertiary/aromatic N) is 2. The Morgan fingerprint density at radius 2 is 1.81 bits per heavy atom. The second kappa shape index (κ2) is 8.44. The van der Waals surface area contributed by atoms with E-state index in [0.29, 0.717) is 5.56 Å². The Balaban J connectivity index is 2.09. The SMILES string of the molecule is CC(C)(N)c1cc(-c2ccc(F)cc2)nc(C(O)(CCC(=O)c2cnc[nH]2)C(F)(F)F)c1. The minimum atomic E-state index is -5.13. The number of imidazole rings is 1. The molecule has 32 heavy (non-hydrogen) atoms. The Kier molecular flexibility index (Phi) is 6.21. The van der Waals surface area contributed by atoms with Crippen molar-refractivity contribution in [2.75, 3.05) is 0 Å². The van der Waals surface area contributed by atoms with Gasteiger partial charge in [-0.15, -0.1) is 0 Å². The van der Waals surface area contributed by atoms with E-state index in [9.17, 15) is 27.5 Å². The average Bonchev–Trinajstić information content (AvgIpc) is 3.25. The normalized spacial score (nSPS) is 14.2. The van der Waals surface area contributed by atoms with Crippen molar-refractivity contribution in [1.29, 1.82) is 0 Å². The van der Waals surface area contributed by atoms with Gasteiger partial charge in [0, 0.05) is 17.5 Å². The number of benzene rings is 1. The number of aliphatic hydroxyl groups is 1. The molecule has 3 aromatic rings. The number of aromatic amines is 1. The van der Waals surface area contributed by atoms with Crippen LogP contribution in [0.15, 0.2) is 48.9 Å². The molecular formula is C22H22F4N4O2. The zero-order valence-electron chi connectivity index (χ0n) is 17.4. The molecule has 1 atom stereocenters. The molecular weight excluding hydrogens is 428 g/mol. The largest absolute Gasteiger partial charge is 0.422 e. The fraction of sp³-hybridized carbons (Fsp3) is 0.318. The number of nitrogens with two attached hydrogens (primary N) is 1. The number of rotatable bonds is 7. The molecule has 0 aliphatic heterocycles. The number of aromatic nitrogens is 3. The highest BCUT2D eigenvalue weighted by Gasteiger charge is 2.56. The molecule has 0 radical (unpaired) electrons. The third-order valence-electron chi connectivity index (χ3n) is 5.11. The summed E-state index contributed by atoms with van der Waals surface area (Å²) in [5.74, 6) is -1.16. The van der Waals surface area contributed by atoms with Crippen molar-refractivity contribution in [3.05, 3.63) is 71.7 Å². The van der Waals surface area contributed by atoms with Gasteiger partial charge in [0.1, 0.15) is 11.5 Å². The van der Waals surface area contributed by atoms with Gasteiger partial charge in [-0.2, -0.15) is 13.2 Å². The second-order valence-electron chi connectivity index (χ2n) is 8.10. The van der Waals surface area contributed by atoms with Crippen LogP contribution in [0.25, 0.3) is 11.3 Å². The summed E-state index contributed by atoms with van der Waals surface area (Å²) in [6, 6.07) is 7.60. The van der Waals surface area contributed by atoms with Crippen LogP contribution < -0.4 is 5.73 Å². The van der Waals surface area contributed by atoms with Crippen LogP contribution in [-0.4, -0.2) is 32.0 Å². The van der Waals surface area contributed by atoms with Gasteiger partial charge in [0.05, 0.1) is 23.9 Å². The van der Waals surface area contributed by atoms with Crippen LogP contribution in [0.2, 0.25) is 0 Å². The molecule has 0 saturated carbocycles. The van der Waals surface area contributed by atoms with Gasteiger partial charge in [0.25, 0.3) is 0 Å². The van der Waals surface area contributed by atoms with Crippen molar-refractivity contribution in [2.45, 2.75) is 44.0 Å². The number of carbonyl (C=O) groups is 1. The highest BCUT2D eigenvalue weighted by molar-refractivity contribution is 5.94. The zero-order chi connectivity index (χ0) is 23.7. The predicted octanol–water partition coefficient (Wildman–Crippen LogP) is 4.22. The van der Waals surface area contributed by atoms with Crippen LogP contribution >= 0.6 is 0 Å². The fourth-order valence-electron chi connectivity index (χ4n) is 3.14. The smallest absolute Gasteiger partial charge is 0.375 e. The third kappa shape index (κ3) is 4.86. The first-order valence-corrected chi connectivity index (χ1v) is 9.70. The van der Waals surface area contributed by atoms with Crippen LogP contribution in [-0.2, 0) is 11.1 Å². The summed E-state index contributed by atoms with van der Waals surface area (Å²) >= 11 is 0. The lowest BCUT2D eigenvalue weighted by atomic mass is 9.86. The first-order chi connectivity index (χ1) is 14.8. The summed E-state index contributed by atoms with van der Waals surface area (Å²) in [6.45, 7) is 3.18. The van der Waals surface area contributed by atoms with E-state index < -0.39 is 47.5 Å². The summed E-state index contributed by atoms with van der Waals surface area (Å²) in [4.78, 5) is 22.5. The quantitative estimate of drug-likeness (QED) is 0.369. The summed E-state index contributed by atoms with van der Waals surface area (Å²) < 4.78 is 55.6. The molecule has 0 amide bonds. The standard InChI is InChI=1S/C22H22F4N4O2/c1-20(2,27)14-9-16(13-3-5-15(23)6-4-13)30-19(10-14)21(32,22(24,25)26)8-7-18(31)17-11-28-12-29-17/h3-6,9-12,32H,7-8,27H2,1-2H3,(H,28,29). The van der Waals surface area contributed by atoms with E-state index in [1.807, 2.05) is 0 Å². The van der Waals surface area contributed by atoms with Crippen LogP contribution in [0.4, 0.5) is 17.6 Å². The Hall–Kier alpha value is -3.11. The molecule has 2 aromatic heterocycles. The van der Waals surface area contributed by atoms with Gasteiger partial charge in [-0.05, 0) is 62.2 Å². The summed E-state index contributed by atoms with van der Waals surface area (Å²) in [5.41, 5.74) is 1.68. The van der Waals surface area contributed by atoms with Crippen molar-refractivity contribution >= 4 is 5.78 Å². The average molecular weight is 450 g/mol. The Labute approximate surface area is 181 Å². The van der Waals surface area contributed by atoms with E-state index >= 15 is 0 Å². The molecule has 1 unspecified atom stereocenters. The topological polar surface area (TPSA) is 105 Å². The van der Waals surface area contributed by atoms with Gasteiger partial charge in [-0.1, -0.05) is 0 Å². The van der Waals surface area contributed by atoms with Crippen molar-refractivity contribution in [1.82, 2.24) is 15.0 Å². The molecule has 0 fully saturated rings. The van der Waals surface area contributed by atoms with E-state index in [1.54, 1.807) is 13.8 Å². The van der Waals surface area contributed by atoms with Crippen LogP contribution in [0.1, 0.15) is 48.4 Å². The Morgan fingerprint density at radius 1 is 1.16 bits per heavy atom. The number of Topliss-reactive ketones (excluding diaryl/α,β-unsaturated/α-hetero) is 1. The van der Waals surface area contributed by atoms with E-state index in [1.165, 1.54) is 30.7 Å². The Bertz CT molecular complexity index is 1090. The molecule has 0 saturated heterocycles. The van der Waals surface area contributed by atoms with Gasteiger partial charge in [0.15, 0.2) is 5.78 Å². The molecule has 2 heterocycles. The van der Waals surface area contributed by atoms with Gasteiger partial charge < -0.3 is 15.8 Å². The summed E-state index contributed by atoms with van der Waals surface area (Å²) in [7, 11) is 0. The van der Waals surface area contributed by atoms with Crippen molar-refractivity contribution in [3.63, 3.8) is 0 Å². The van der Waals surface area contributed by atoms with Crippen LogP contribution in [0.3, 0.4) is 0 Å². The molecule has 1 aromatic carbocycles. The third-order valence-corrected chi connectivity index (χ3v) is 5.11. The maximum Gasteiger partial charge on any atom is 0.422 e.